The van der Waals surface area contributed by atoms with Crippen LogP contribution in [0.4, 0.5) is 5.69 Å². The highest BCUT2D eigenvalue weighted by molar-refractivity contribution is 6.30. The monoisotopic (exact) mass is 373 g/mol. The van der Waals surface area contributed by atoms with Crippen LogP contribution < -0.4 is 15.4 Å². The van der Waals surface area contributed by atoms with Gasteiger partial charge in [-0.25, -0.2) is 0 Å². The maximum Gasteiger partial charge on any atom is 0.260 e. The molecule has 1 saturated heterocycles. The Morgan fingerprint density at radius 1 is 1.04 bits per heavy atom. The quantitative estimate of drug-likeness (QED) is 0.871. The van der Waals surface area contributed by atoms with E-state index in [1.807, 2.05) is 24.3 Å². The number of piperazine rings is 1. The predicted octanol–water partition coefficient (Wildman–Crippen LogP) is 2.17. The first-order valence-electron chi connectivity index (χ1n) is 8.34. The van der Waals surface area contributed by atoms with Gasteiger partial charge < -0.3 is 20.3 Å². The van der Waals surface area contributed by atoms with E-state index < -0.39 is 5.91 Å². The number of nitrogens with zero attached hydrogens (tertiary/aromatic N) is 2. The summed E-state index contributed by atoms with van der Waals surface area (Å²) in [6, 6.07) is 14.1. The lowest BCUT2D eigenvalue weighted by Gasteiger charge is -2.36. The molecule has 2 aromatic rings. The molecule has 0 bridgehead atoms. The number of amides is 2. The molecule has 6 nitrogen and oxygen atoms in total. The zero-order chi connectivity index (χ0) is 18.5. The van der Waals surface area contributed by atoms with Crippen LogP contribution in [0.3, 0.4) is 0 Å². The third-order valence-electron chi connectivity index (χ3n) is 4.31. The fourth-order valence-electron chi connectivity index (χ4n) is 2.84. The lowest BCUT2D eigenvalue weighted by molar-refractivity contribution is -0.133. The highest BCUT2D eigenvalue weighted by atomic mass is 35.5. The second-order valence-corrected chi connectivity index (χ2v) is 6.46. The molecule has 0 spiro atoms. The molecule has 0 aromatic heterocycles. The summed E-state index contributed by atoms with van der Waals surface area (Å²) in [7, 11) is 0. The van der Waals surface area contributed by atoms with Gasteiger partial charge in [-0.3, -0.25) is 9.59 Å². The topological polar surface area (TPSA) is 75.9 Å². The van der Waals surface area contributed by atoms with E-state index >= 15 is 0 Å². The van der Waals surface area contributed by atoms with Crippen molar-refractivity contribution in [2.75, 3.05) is 37.7 Å². The summed E-state index contributed by atoms with van der Waals surface area (Å²) in [5.74, 6) is -0.0270. The second kappa shape index (κ2) is 8.10. The van der Waals surface area contributed by atoms with Crippen molar-refractivity contribution in [1.29, 1.82) is 0 Å². The van der Waals surface area contributed by atoms with Crippen molar-refractivity contribution in [3.63, 3.8) is 0 Å². The Hall–Kier alpha value is -2.73. The average Bonchev–Trinajstić information content (AvgIpc) is 2.66. The third kappa shape index (κ3) is 4.46. The summed E-state index contributed by atoms with van der Waals surface area (Å²) in [4.78, 5) is 27.4. The van der Waals surface area contributed by atoms with Crippen LogP contribution >= 0.6 is 11.6 Å². The lowest BCUT2D eigenvalue weighted by atomic mass is 10.2. The van der Waals surface area contributed by atoms with Crippen LogP contribution in [0, 0.1) is 0 Å². The van der Waals surface area contributed by atoms with E-state index in [-0.39, 0.29) is 12.5 Å². The summed E-state index contributed by atoms with van der Waals surface area (Å²) >= 11 is 6.04. The number of carbonyl (C=O) groups is 2. The molecule has 1 heterocycles. The summed E-state index contributed by atoms with van der Waals surface area (Å²) in [6.07, 6.45) is 0. The van der Waals surface area contributed by atoms with Crippen LogP contribution in [0.25, 0.3) is 0 Å². The van der Waals surface area contributed by atoms with E-state index in [2.05, 4.69) is 4.90 Å². The molecular formula is C19H20ClN3O3. The van der Waals surface area contributed by atoms with Gasteiger partial charge in [0.25, 0.3) is 5.91 Å². The smallest absolute Gasteiger partial charge is 0.260 e. The largest absolute Gasteiger partial charge is 0.484 e. The molecule has 2 aromatic carbocycles. The van der Waals surface area contributed by atoms with Gasteiger partial charge in [-0.2, -0.15) is 0 Å². The molecule has 0 radical (unpaired) electrons. The Labute approximate surface area is 157 Å². The Balaban J connectivity index is 1.48. The molecule has 0 unspecified atom stereocenters. The fraction of sp³-hybridized carbons (Fsp3) is 0.263. The Morgan fingerprint density at radius 2 is 1.73 bits per heavy atom. The number of primary amides is 1. The predicted molar refractivity (Wildman–Crippen MR) is 101 cm³/mol. The number of halogens is 1. The molecule has 0 atom stereocenters. The first kappa shape index (κ1) is 18.1. The van der Waals surface area contributed by atoms with E-state index in [0.29, 0.717) is 29.4 Å². The highest BCUT2D eigenvalue weighted by Gasteiger charge is 2.21. The maximum atomic E-state index is 12.3. The van der Waals surface area contributed by atoms with Crippen LogP contribution in [-0.4, -0.2) is 49.5 Å². The molecule has 7 heteroatoms. The van der Waals surface area contributed by atoms with Gasteiger partial charge in [0.2, 0.25) is 5.91 Å². The SMILES string of the molecule is NC(=O)c1ccc(OCC(=O)N2CCN(c3cccc(Cl)c3)CC2)cc1. The number of hydrogen-bond donors (Lipinski definition) is 1. The summed E-state index contributed by atoms with van der Waals surface area (Å²) in [6.45, 7) is 2.73. The molecule has 0 aliphatic carbocycles. The van der Waals surface area contributed by atoms with E-state index in [4.69, 9.17) is 22.1 Å². The van der Waals surface area contributed by atoms with Crippen molar-refractivity contribution >= 4 is 29.1 Å². The minimum absolute atomic E-state index is 0.0346. The number of rotatable bonds is 5. The van der Waals surface area contributed by atoms with Crippen LogP contribution in [0.5, 0.6) is 5.75 Å². The lowest BCUT2D eigenvalue weighted by Crippen LogP contribution is -2.50. The molecule has 2 N–H and O–H groups in total. The van der Waals surface area contributed by atoms with Crippen LogP contribution in [0.2, 0.25) is 5.02 Å². The van der Waals surface area contributed by atoms with Gasteiger partial charge in [-0.05, 0) is 42.5 Å². The molecule has 1 fully saturated rings. The normalized spacial score (nSPS) is 14.2. The molecule has 0 saturated carbocycles. The van der Waals surface area contributed by atoms with E-state index in [9.17, 15) is 9.59 Å². The third-order valence-corrected chi connectivity index (χ3v) is 4.54. The van der Waals surface area contributed by atoms with Gasteiger partial charge in [0.15, 0.2) is 6.61 Å². The highest BCUT2D eigenvalue weighted by Crippen LogP contribution is 2.21. The van der Waals surface area contributed by atoms with Crippen LogP contribution in [0.15, 0.2) is 48.5 Å². The Bertz CT molecular complexity index is 787. The van der Waals surface area contributed by atoms with Crippen LogP contribution in [0.1, 0.15) is 10.4 Å². The zero-order valence-electron chi connectivity index (χ0n) is 14.2. The minimum atomic E-state index is -0.495. The minimum Gasteiger partial charge on any atom is -0.484 e. The van der Waals surface area contributed by atoms with E-state index in [1.165, 1.54) is 0 Å². The van der Waals surface area contributed by atoms with Crippen molar-refractivity contribution in [2.45, 2.75) is 0 Å². The number of nitrogens with two attached hydrogens (primary N) is 1. The first-order valence-corrected chi connectivity index (χ1v) is 8.72. The van der Waals surface area contributed by atoms with Gasteiger partial charge in [0.1, 0.15) is 5.75 Å². The van der Waals surface area contributed by atoms with Crippen molar-refractivity contribution in [1.82, 2.24) is 4.90 Å². The number of benzene rings is 2. The number of carbonyl (C=O) groups excluding carboxylic acids is 2. The van der Waals surface area contributed by atoms with Crippen molar-refractivity contribution in [3.05, 3.63) is 59.1 Å². The van der Waals surface area contributed by atoms with E-state index in [1.54, 1.807) is 29.2 Å². The van der Waals surface area contributed by atoms with Gasteiger partial charge >= 0.3 is 0 Å². The summed E-state index contributed by atoms with van der Waals surface area (Å²) in [5.41, 5.74) is 6.66. The van der Waals surface area contributed by atoms with E-state index in [0.717, 1.165) is 18.8 Å². The zero-order valence-corrected chi connectivity index (χ0v) is 15.0. The second-order valence-electron chi connectivity index (χ2n) is 6.03. The van der Waals surface area contributed by atoms with Crippen LogP contribution in [-0.2, 0) is 4.79 Å². The average molecular weight is 374 g/mol. The van der Waals surface area contributed by atoms with Gasteiger partial charge in [-0.15, -0.1) is 0 Å². The number of hydrogen-bond acceptors (Lipinski definition) is 4. The molecule has 3 rings (SSSR count). The fourth-order valence-corrected chi connectivity index (χ4v) is 3.02. The van der Waals surface area contributed by atoms with Crippen molar-refractivity contribution in [2.24, 2.45) is 5.73 Å². The Morgan fingerprint density at radius 3 is 2.35 bits per heavy atom. The van der Waals surface area contributed by atoms with Crippen molar-refractivity contribution in [3.8, 4) is 5.75 Å². The van der Waals surface area contributed by atoms with Gasteiger partial charge in [0.05, 0.1) is 0 Å². The molecule has 136 valence electrons. The molecular weight excluding hydrogens is 354 g/mol. The number of ether oxygens (including phenoxy) is 1. The van der Waals surface area contributed by atoms with Gasteiger partial charge in [-0.1, -0.05) is 17.7 Å². The van der Waals surface area contributed by atoms with Gasteiger partial charge in [0, 0.05) is 42.5 Å². The first-order chi connectivity index (χ1) is 12.5. The van der Waals surface area contributed by atoms with Crippen molar-refractivity contribution < 1.29 is 14.3 Å². The summed E-state index contributed by atoms with van der Waals surface area (Å²) < 4.78 is 5.51. The Kier molecular flexibility index (Phi) is 5.63. The summed E-state index contributed by atoms with van der Waals surface area (Å²) in [5, 5.41) is 0.705. The molecule has 1 aliphatic rings. The maximum absolute atomic E-state index is 12.3. The molecule has 26 heavy (non-hydrogen) atoms. The standard InChI is InChI=1S/C19H20ClN3O3/c20-15-2-1-3-16(12-15)22-8-10-23(11-9-22)18(24)13-26-17-6-4-14(5-7-17)19(21)25/h1-7,12H,8-11,13H2,(H2,21,25). The molecule has 2 amide bonds. The molecule has 1 aliphatic heterocycles. The number of anilines is 1.